The molecule has 7 atom stereocenters. The summed E-state index contributed by atoms with van der Waals surface area (Å²) in [6.45, 7) is 2.33. The first kappa shape index (κ1) is 17.1. The van der Waals surface area contributed by atoms with Crippen LogP contribution in [0.3, 0.4) is 0 Å². The van der Waals surface area contributed by atoms with Gasteiger partial charge in [-0.3, -0.25) is 9.59 Å². The summed E-state index contributed by atoms with van der Waals surface area (Å²) in [5, 5.41) is 11.2. The predicted octanol–water partition coefficient (Wildman–Crippen LogP) is 2.21. The van der Waals surface area contributed by atoms with E-state index in [0.29, 0.717) is 24.7 Å². The highest BCUT2D eigenvalue weighted by Gasteiger charge is 2.83. The molecule has 3 saturated carbocycles. The summed E-state index contributed by atoms with van der Waals surface area (Å²) < 4.78 is 11.3. The first-order valence-corrected chi connectivity index (χ1v) is 10.0. The quantitative estimate of drug-likeness (QED) is 0.781. The number of aliphatic hydroxyl groups is 1. The number of aliphatic hydroxyl groups excluding tert-OH is 1. The Morgan fingerprint density at radius 2 is 2.15 bits per heavy atom. The molecule has 26 heavy (non-hydrogen) atoms. The highest BCUT2D eigenvalue weighted by molar-refractivity contribution is 5.94. The van der Waals surface area contributed by atoms with E-state index in [0.717, 1.165) is 32.1 Å². The van der Waals surface area contributed by atoms with Gasteiger partial charge in [0, 0.05) is 20.0 Å². The zero-order chi connectivity index (χ0) is 18.3. The second-order valence-corrected chi connectivity index (χ2v) is 9.37. The normalized spacial score (nSPS) is 51.7. The smallest absolute Gasteiger partial charge is 0.193 e. The van der Waals surface area contributed by atoms with Crippen LogP contribution in [0, 0.1) is 23.2 Å². The van der Waals surface area contributed by atoms with Crippen molar-refractivity contribution in [3.05, 3.63) is 11.6 Å². The number of rotatable bonds is 3. The molecule has 5 nitrogen and oxygen atoms in total. The van der Waals surface area contributed by atoms with Crippen LogP contribution in [0.4, 0.5) is 0 Å². The molecule has 1 N–H and O–H groups in total. The van der Waals surface area contributed by atoms with Gasteiger partial charge < -0.3 is 14.6 Å². The molecule has 1 saturated heterocycles. The van der Waals surface area contributed by atoms with Crippen LogP contribution in [0.5, 0.6) is 0 Å². The van der Waals surface area contributed by atoms with E-state index in [1.165, 1.54) is 5.57 Å². The maximum Gasteiger partial charge on any atom is 0.193 e. The van der Waals surface area contributed by atoms with Crippen molar-refractivity contribution in [3.8, 4) is 0 Å². The van der Waals surface area contributed by atoms with Crippen LogP contribution < -0.4 is 0 Å². The number of ether oxygens (including phenoxy) is 2. The van der Waals surface area contributed by atoms with Crippen LogP contribution in [-0.4, -0.2) is 47.7 Å². The molecule has 1 heterocycles. The van der Waals surface area contributed by atoms with E-state index in [4.69, 9.17) is 9.47 Å². The number of carbonyl (C=O) groups excluding carboxylic acids is 2. The Kier molecular flexibility index (Phi) is 3.46. The molecule has 0 bridgehead atoms. The molecule has 0 aromatic carbocycles. The number of epoxide rings is 1. The Labute approximate surface area is 154 Å². The predicted molar refractivity (Wildman–Crippen MR) is 93.4 cm³/mol. The topological polar surface area (TPSA) is 76.1 Å². The van der Waals surface area contributed by atoms with Gasteiger partial charge in [0.05, 0.1) is 6.10 Å². The lowest BCUT2D eigenvalue weighted by Crippen LogP contribution is -2.56. The summed E-state index contributed by atoms with van der Waals surface area (Å²) >= 11 is 0. The fraction of sp³-hybridized carbons (Fsp3) is 0.810. The minimum Gasteiger partial charge on any atom is -0.393 e. The van der Waals surface area contributed by atoms with E-state index in [9.17, 15) is 14.7 Å². The number of carbonyl (C=O) groups is 2. The third-order valence-electron chi connectivity index (χ3n) is 8.48. The van der Waals surface area contributed by atoms with Gasteiger partial charge in [0.1, 0.15) is 12.2 Å². The summed E-state index contributed by atoms with van der Waals surface area (Å²) in [6.07, 6.45) is 7.01. The highest BCUT2D eigenvalue weighted by atomic mass is 16.6. The molecular formula is C21H28O5. The number of ketones is 2. The molecule has 4 fully saturated rings. The van der Waals surface area contributed by atoms with Gasteiger partial charge in [-0.2, -0.15) is 0 Å². The summed E-state index contributed by atoms with van der Waals surface area (Å²) in [5.74, 6) is 1.15. The molecule has 5 rings (SSSR count). The van der Waals surface area contributed by atoms with Gasteiger partial charge in [0.15, 0.2) is 17.2 Å². The summed E-state index contributed by atoms with van der Waals surface area (Å²) in [4.78, 5) is 24.6. The Morgan fingerprint density at radius 1 is 1.35 bits per heavy atom. The molecule has 1 spiro atoms. The van der Waals surface area contributed by atoms with Gasteiger partial charge in [0.2, 0.25) is 0 Å². The fourth-order valence-electron chi connectivity index (χ4n) is 7.40. The standard InChI is InChI=1S/C21H28O5/c1-19-7-5-13(22)9-12(19)3-4-14-15-6-8-20(17(24)11-25-2)21(15,26-20)10-16(23)18(14)19/h9,14-16,18,23H,3-8,10-11H2,1-2H3/t14-,15-,16-,18+,19-,20-,21+/m0/s1. The van der Waals surface area contributed by atoms with E-state index in [1.54, 1.807) is 7.11 Å². The highest BCUT2D eigenvalue weighted by Crippen LogP contribution is 2.73. The van der Waals surface area contributed by atoms with Crippen molar-refractivity contribution < 1.29 is 24.2 Å². The maximum atomic E-state index is 12.7. The van der Waals surface area contributed by atoms with Crippen molar-refractivity contribution in [1.29, 1.82) is 0 Å². The number of hydrogen-bond donors (Lipinski definition) is 1. The SMILES string of the molecule is COCC(=O)[C@@]12CC[C@H]3[C@@H]4CCC5=CC(=O)CC[C@]5(C)[C@H]4[C@@H](O)C[C@@]31O2. The zero-order valence-corrected chi connectivity index (χ0v) is 15.6. The number of allylic oxidation sites excluding steroid dienone is 1. The van der Waals surface area contributed by atoms with E-state index < -0.39 is 17.3 Å². The monoisotopic (exact) mass is 360 g/mol. The van der Waals surface area contributed by atoms with Gasteiger partial charge in [-0.1, -0.05) is 12.5 Å². The van der Waals surface area contributed by atoms with Crippen LogP contribution in [-0.2, 0) is 19.1 Å². The number of fused-ring (bicyclic) bond motifs is 4. The Bertz CT molecular complexity index is 713. The Hall–Kier alpha value is -1.04. The number of methoxy groups -OCH3 is 1. The average Bonchev–Trinajstić information content (AvgIpc) is 3.12. The third-order valence-corrected chi connectivity index (χ3v) is 8.48. The summed E-state index contributed by atoms with van der Waals surface area (Å²) in [7, 11) is 1.54. The molecule has 0 aromatic heterocycles. The maximum absolute atomic E-state index is 12.7. The molecule has 0 amide bonds. The number of Topliss-reactive ketones (excluding diaryl/α,β-unsaturated/α-hetero) is 1. The lowest BCUT2D eigenvalue weighted by Gasteiger charge is -2.56. The van der Waals surface area contributed by atoms with Crippen LogP contribution >= 0.6 is 0 Å². The van der Waals surface area contributed by atoms with Gasteiger partial charge in [-0.05, 0) is 61.3 Å². The van der Waals surface area contributed by atoms with E-state index in [1.807, 2.05) is 6.08 Å². The Balaban J connectivity index is 1.49. The molecule has 142 valence electrons. The lowest BCUT2D eigenvalue weighted by atomic mass is 9.48. The molecular weight excluding hydrogens is 332 g/mol. The molecule has 0 unspecified atom stereocenters. The lowest BCUT2D eigenvalue weighted by molar-refractivity contribution is -0.128. The van der Waals surface area contributed by atoms with E-state index in [2.05, 4.69) is 6.92 Å². The van der Waals surface area contributed by atoms with Crippen LogP contribution in [0.1, 0.15) is 51.9 Å². The largest absolute Gasteiger partial charge is 0.393 e. The van der Waals surface area contributed by atoms with Crippen molar-refractivity contribution in [2.75, 3.05) is 13.7 Å². The molecule has 5 heteroatoms. The van der Waals surface area contributed by atoms with Crippen LogP contribution in [0.25, 0.3) is 0 Å². The summed E-state index contributed by atoms with van der Waals surface area (Å²) in [5.41, 5.74) is -0.0275. The first-order valence-electron chi connectivity index (χ1n) is 10.0. The number of hydrogen-bond acceptors (Lipinski definition) is 5. The van der Waals surface area contributed by atoms with Crippen LogP contribution in [0.2, 0.25) is 0 Å². The zero-order valence-electron chi connectivity index (χ0n) is 15.6. The third kappa shape index (κ3) is 1.87. The molecule has 0 radical (unpaired) electrons. The van der Waals surface area contributed by atoms with Crippen molar-refractivity contribution in [2.24, 2.45) is 23.2 Å². The minimum absolute atomic E-state index is 0.0408. The second-order valence-electron chi connectivity index (χ2n) is 9.37. The van der Waals surface area contributed by atoms with Gasteiger partial charge >= 0.3 is 0 Å². The molecule has 5 aliphatic rings. The molecule has 0 aromatic rings. The van der Waals surface area contributed by atoms with Gasteiger partial charge in [-0.25, -0.2) is 0 Å². The molecule has 1 aliphatic heterocycles. The Morgan fingerprint density at radius 3 is 2.92 bits per heavy atom. The van der Waals surface area contributed by atoms with Gasteiger partial charge in [-0.15, -0.1) is 0 Å². The van der Waals surface area contributed by atoms with Crippen molar-refractivity contribution in [3.63, 3.8) is 0 Å². The first-order chi connectivity index (χ1) is 12.4. The fourth-order valence-corrected chi connectivity index (χ4v) is 7.40. The average molecular weight is 360 g/mol. The minimum atomic E-state index is -0.709. The van der Waals surface area contributed by atoms with E-state index >= 15 is 0 Å². The van der Waals surface area contributed by atoms with E-state index in [-0.39, 0.29) is 29.5 Å². The van der Waals surface area contributed by atoms with Crippen molar-refractivity contribution in [1.82, 2.24) is 0 Å². The van der Waals surface area contributed by atoms with Crippen molar-refractivity contribution in [2.45, 2.75) is 69.2 Å². The summed E-state index contributed by atoms with van der Waals surface area (Å²) in [6, 6.07) is 0. The molecule has 4 aliphatic carbocycles. The second kappa shape index (κ2) is 5.27. The van der Waals surface area contributed by atoms with Crippen LogP contribution in [0.15, 0.2) is 11.6 Å². The van der Waals surface area contributed by atoms with Gasteiger partial charge in [0.25, 0.3) is 0 Å². The van der Waals surface area contributed by atoms with Crippen molar-refractivity contribution >= 4 is 11.6 Å².